The predicted octanol–water partition coefficient (Wildman–Crippen LogP) is 19.0. The van der Waals surface area contributed by atoms with Crippen molar-refractivity contribution < 1.29 is 0 Å². The number of unbranched alkanes of at least 4 members (excludes halogenated alkanes) is 1. The molecule has 0 radical (unpaired) electrons. The second-order valence-corrected chi connectivity index (χ2v) is 24.9. The zero-order valence-electron chi connectivity index (χ0n) is 45.1. The van der Waals surface area contributed by atoms with Crippen molar-refractivity contribution in [3.63, 3.8) is 0 Å². The van der Waals surface area contributed by atoms with Gasteiger partial charge in [0.05, 0.1) is 22.1 Å². The molecule has 382 valence electrons. The molecule has 5 heteroatoms. The number of nitrogens with zero attached hydrogens (tertiary/aromatic N) is 5. The summed E-state index contributed by atoms with van der Waals surface area (Å²) in [6.07, 6.45) is 18.6. The van der Waals surface area contributed by atoms with Gasteiger partial charge in [0.1, 0.15) is 0 Å². The molecule has 14 rings (SSSR count). The second kappa shape index (κ2) is 19.0. The molecule has 3 aromatic heterocycles. The third-order valence-corrected chi connectivity index (χ3v) is 20.6. The maximum atomic E-state index is 5.38. The Hall–Kier alpha value is -6.85. The zero-order chi connectivity index (χ0) is 51.1. The fourth-order valence-electron chi connectivity index (χ4n) is 16.7. The molecule has 5 nitrogen and oxygen atoms in total. The molecule has 10 aromatic rings. The first kappa shape index (κ1) is 47.6. The van der Waals surface area contributed by atoms with Crippen molar-refractivity contribution in [2.45, 2.75) is 117 Å². The minimum Gasteiger partial charge on any atom is -0.309 e. The largest absolute Gasteiger partial charge is 0.309 e. The lowest BCUT2D eigenvalue weighted by molar-refractivity contribution is -0.114. The van der Waals surface area contributed by atoms with Crippen LogP contribution >= 0.6 is 0 Å². The van der Waals surface area contributed by atoms with E-state index in [1.54, 1.807) is 0 Å². The summed E-state index contributed by atoms with van der Waals surface area (Å²) < 4.78 is 4.63. The fraction of sp³-hybridized carbons (Fsp3) is 0.366. The molecule has 7 aromatic carbocycles. The van der Waals surface area contributed by atoms with Gasteiger partial charge in [-0.15, -0.1) is 0 Å². The zero-order valence-corrected chi connectivity index (χ0v) is 45.1. The summed E-state index contributed by atoms with van der Waals surface area (Å²) in [4.78, 5) is 15.9. The molecule has 3 heterocycles. The van der Waals surface area contributed by atoms with Crippen LogP contribution in [0.4, 0.5) is 0 Å². The van der Waals surface area contributed by atoms with Crippen molar-refractivity contribution in [2.24, 2.45) is 46.3 Å². The standard InChI is InChI=1S/C71H73N5/c1-46(2)17-11-12-20-53-34-36-61-58-35-33-54-43-52(39-41-71(54,4)62(58)40-42-70(53,61)3)47-27-29-49(30-28-47)68-72-67(48-18-7-5-8-19-48)73-69(74-68)76-64-26-16-14-24-57(64)60-45-51(32-38-66(60)76)50-31-37-65-59(44-50)56-23-13-15-25-63(56)75(65)55-21-9-6-10-22-55/h5-10,13-16,18-19,21-32,37-38,44-46,52-54,58,61-62H,11-12,17,20,33-36,39-43H2,1-4H3/t52?,53-,54-,58-,61-,62-,70+,71-/m0/s1. The van der Waals surface area contributed by atoms with Crippen molar-refractivity contribution in [2.75, 3.05) is 0 Å². The third-order valence-electron chi connectivity index (χ3n) is 20.6. The van der Waals surface area contributed by atoms with E-state index in [-0.39, 0.29) is 0 Å². The van der Waals surface area contributed by atoms with Crippen molar-refractivity contribution >= 4 is 43.6 Å². The summed E-state index contributed by atoms with van der Waals surface area (Å²) in [7, 11) is 0. The SMILES string of the molecule is CC(C)CCCC[C@H]1CC[C@H]2[C@@H]3CC[C@H]4CC(c5ccc(-c6nc(-c7ccccc7)nc(-n7c8ccccc8c8cc(-c9ccc%10c(c9)c9ccccc9n%10-c9ccccc9)ccc87)n6)cc5)CC[C@]4(C)[C@H]3CC[C@]12C. The average Bonchev–Trinajstić information content (AvgIpc) is 4.26. The lowest BCUT2D eigenvalue weighted by Crippen LogP contribution is -2.53. The molecule has 4 fully saturated rings. The highest BCUT2D eigenvalue weighted by Gasteiger charge is 2.60. The molecule has 0 spiro atoms. The highest BCUT2D eigenvalue weighted by molar-refractivity contribution is 6.12. The Morgan fingerprint density at radius 1 is 0.487 bits per heavy atom. The van der Waals surface area contributed by atoms with E-state index in [9.17, 15) is 0 Å². The van der Waals surface area contributed by atoms with Gasteiger partial charge < -0.3 is 4.57 Å². The Labute approximate surface area is 449 Å². The van der Waals surface area contributed by atoms with Crippen LogP contribution in [0, 0.1) is 46.3 Å². The lowest BCUT2D eigenvalue weighted by atomic mass is 9.44. The van der Waals surface area contributed by atoms with Crippen LogP contribution in [0.25, 0.3) is 89.2 Å². The molecule has 4 saturated carbocycles. The van der Waals surface area contributed by atoms with E-state index in [2.05, 4.69) is 207 Å². The van der Waals surface area contributed by atoms with Gasteiger partial charge in [-0.2, -0.15) is 9.97 Å². The van der Waals surface area contributed by atoms with Crippen molar-refractivity contribution in [1.82, 2.24) is 24.1 Å². The van der Waals surface area contributed by atoms with Crippen molar-refractivity contribution in [3.05, 3.63) is 175 Å². The number of aromatic nitrogens is 5. The van der Waals surface area contributed by atoms with E-state index in [0.29, 0.717) is 34.3 Å². The van der Waals surface area contributed by atoms with E-state index >= 15 is 0 Å². The van der Waals surface area contributed by atoms with Crippen molar-refractivity contribution in [3.8, 4) is 45.5 Å². The number of hydrogen-bond donors (Lipinski definition) is 0. The van der Waals surface area contributed by atoms with E-state index in [1.165, 1.54) is 138 Å². The molecule has 0 aliphatic heterocycles. The van der Waals surface area contributed by atoms with Crippen LogP contribution in [0.1, 0.15) is 123 Å². The summed E-state index contributed by atoms with van der Waals surface area (Å²) in [6, 6.07) is 61.8. The van der Waals surface area contributed by atoms with Crippen LogP contribution in [0.5, 0.6) is 0 Å². The summed E-state index contributed by atoms with van der Waals surface area (Å²) in [5.74, 6) is 8.04. The second-order valence-electron chi connectivity index (χ2n) is 24.9. The van der Waals surface area contributed by atoms with Crippen LogP contribution in [0.3, 0.4) is 0 Å². The maximum absolute atomic E-state index is 5.38. The van der Waals surface area contributed by atoms with Crippen LogP contribution in [-0.2, 0) is 0 Å². The topological polar surface area (TPSA) is 48.5 Å². The first-order valence-corrected chi connectivity index (χ1v) is 29.3. The average molecular weight is 996 g/mol. The Bertz CT molecular complexity index is 3760. The third kappa shape index (κ3) is 7.96. The minimum atomic E-state index is 0.485. The van der Waals surface area contributed by atoms with E-state index in [1.807, 2.05) is 0 Å². The number of rotatable bonds is 11. The summed E-state index contributed by atoms with van der Waals surface area (Å²) in [5, 5.41) is 4.83. The number of para-hydroxylation sites is 3. The van der Waals surface area contributed by atoms with E-state index < -0.39 is 0 Å². The van der Waals surface area contributed by atoms with Crippen LogP contribution in [0.2, 0.25) is 0 Å². The Balaban J connectivity index is 0.757. The van der Waals surface area contributed by atoms with Gasteiger partial charge in [-0.25, -0.2) is 4.98 Å². The molecule has 0 bridgehead atoms. The molecular weight excluding hydrogens is 923 g/mol. The molecule has 8 atom stereocenters. The first-order valence-electron chi connectivity index (χ1n) is 29.3. The number of fused-ring (bicyclic) bond motifs is 11. The molecule has 0 amide bonds. The Morgan fingerprint density at radius 3 is 1.74 bits per heavy atom. The first-order chi connectivity index (χ1) is 37.2. The van der Waals surface area contributed by atoms with Gasteiger partial charge in [0, 0.05) is 38.4 Å². The fourth-order valence-corrected chi connectivity index (χ4v) is 16.7. The highest BCUT2D eigenvalue weighted by atomic mass is 15.2. The summed E-state index contributed by atoms with van der Waals surface area (Å²) >= 11 is 0. The van der Waals surface area contributed by atoms with Gasteiger partial charge >= 0.3 is 0 Å². The Morgan fingerprint density at radius 2 is 1.05 bits per heavy atom. The number of benzene rings is 7. The summed E-state index contributed by atoms with van der Waals surface area (Å²) in [6.45, 7) is 10.3. The summed E-state index contributed by atoms with van der Waals surface area (Å²) in [5.41, 5.74) is 12.6. The van der Waals surface area contributed by atoms with Gasteiger partial charge in [0.25, 0.3) is 0 Å². The highest BCUT2D eigenvalue weighted by Crippen LogP contribution is 2.68. The molecule has 0 N–H and O–H groups in total. The predicted molar refractivity (Wildman–Crippen MR) is 316 cm³/mol. The van der Waals surface area contributed by atoms with Gasteiger partial charge in [-0.05, 0) is 182 Å². The molecule has 1 unspecified atom stereocenters. The van der Waals surface area contributed by atoms with E-state index in [4.69, 9.17) is 15.0 Å². The van der Waals surface area contributed by atoms with Gasteiger partial charge in [-0.3, -0.25) is 4.57 Å². The monoisotopic (exact) mass is 996 g/mol. The van der Waals surface area contributed by atoms with Gasteiger partial charge in [0.2, 0.25) is 5.95 Å². The molecule has 4 aliphatic rings. The van der Waals surface area contributed by atoms with Crippen LogP contribution in [0.15, 0.2) is 170 Å². The minimum absolute atomic E-state index is 0.485. The molecule has 0 saturated heterocycles. The van der Waals surface area contributed by atoms with Crippen LogP contribution < -0.4 is 0 Å². The van der Waals surface area contributed by atoms with Gasteiger partial charge in [0.15, 0.2) is 11.6 Å². The maximum Gasteiger partial charge on any atom is 0.238 e. The quantitative estimate of drug-likeness (QED) is 0.121. The molecular formula is C71H73N5. The lowest BCUT2D eigenvalue weighted by Gasteiger charge is -2.61. The smallest absolute Gasteiger partial charge is 0.238 e. The van der Waals surface area contributed by atoms with E-state index in [0.717, 1.165) is 57.7 Å². The normalized spacial score (nSPS) is 25.3. The number of hydrogen-bond acceptors (Lipinski definition) is 3. The Kier molecular flexibility index (Phi) is 11.9. The van der Waals surface area contributed by atoms with Gasteiger partial charge in [-0.1, -0.05) is 168 Å². The molecule has 4 aliphatic carbocycles. The molecule has 76 heavy (non-hydrogen) atoms. The van der Waals surface area contributed by atoms with Crippen LogP contribution in [-0.4, -0.2) is 24.1 Å². The van der Waals surface area contributed by atoms with Crippen molar-refractivity contribution in [1.29, 1.82) is 0 Å².